The number of amides is 1. The number of aromatic nitrogens is 2. The van der Waals surface area contributed by atoms with Gasteiger partial charge in [0.1, 0.15) is 0 Å². The van der Waals surface area contributed by atoms with Crippen LogP contribution < -0.4 is 10.5 Å². The molecule has 1 aliphatic rings. The van der Waals surface area contributed by atoms with Gasteiger partial charge in [-0.2, -0.15) is 0 Å². The van der Waals surface area contributed by atoms with E-state index in [1.165, 1.54) is 17.3 Å². The number of fused-ring (bicyclic) bond motifs is 2. The predicted molar refractivity (Wildman–Crippen MR) is 125 cm³/mol. The number of nitrogens with zero attached hydrogens (tertiary/aromatic N) is 3. The molecule has 2 aromatic carbocycles. The van der Waals surface area contributed by atoms with Gasteiger partial charge < -0.3 is 9.64 Å². The van der Waals surface area contributed by atoms with Crippen LogP contribution in [-0.2, 0) is 22.5 Å². The maximum atomic E-state index is 13.4. The Labute approximate surface area is 190 Å². The van der Waals surface area contributed by atoms with Crippen molar-refractivity contribution in [2.45, 2.75) is 43.3 Å². The number of para-hydroxylation sites is 1. The van der Waals surface area contributed by atoms with E-state index in [2.05, 4.69) is 18.0 Å². The highest BCUT2D eigenvalue weighted by atomic mass is 35.5. The van der Waals surface area contributed by atoms with Crippen molar-refractivity contribution < 1.29 is 9.53 Å². The van der Waals surface area contributed by atoms with Gasteiger partial charge in [0, 0.05) is 23.9 Å². The van der Waals surface area contributed by atoms with E-state index in [-0.39, 0.29) is 17.5 Å². The average Bonchev–Trinajstić information content (AvgIpc) is 3.08. The Morgan fingerprint density at radius 3 is 2.87 bits per heavy atom. The Morgan fingerprint density at radius 1 is 1.32 bits per heavy atom. The number of hydrogen-bond acceptors (Lipinski definition) is 5. The first kappa shape index (κ1) is 21.9. The van der Waals surface area contributed by atoms with E-state index in [9.17, 15) is 9.59 Å². The van der Waals surface area contributed by atoms with Gasteiger partial charge in [0.2, 0.25) is 5.91 Å². The lowest BCUT2D eigenvalue weighted by Gasteiger charge is -2.26. The number of anilines is 1. The van der Waals surface area contributed by atoms with E-state index in [0.29, 0.717) is 34.2 Å². The third-order valence-corrected chi connectivity index (χ3v) is 6.79. The third kappa shape index (κ3) is 4.22. The molecule has 0 N–H and O–H groups in total. The highest BCUT2D eigenvalue weighted by Crippen LogP contribution is 2.34. The monoisotopic (exact) mass is 457 g/mol. The van der Waals surface area contributed by atoms with Crippen LogP contribution in [0.1, 0.15) is 19.4 Å². The molecule has 0 radical (unpaired) electrons. The van der Waals surface area contributed by atoms with Gasteiger partial charge in [-0.1, -0.05) is 41.6 Å². The van der Waals surface area contributed by atoms with Gasteiger partial charge in [0.05, 0.1) is 29.3 Å². The van der Waals surface area contributed by atoms with Crippen LogP contribution in [0, 0.1) is 0 Å². The highest BCUT2D eigenvalue weighted by Gasteiger charge is 2.34. The van der Waals surface area contributed by atoms with Crippen LogP contribution in [-0.4, -0.2) is 40.5 Å². The minimum absolute atomic E-state index is 0.00109. The molecule has 0 bridgehead atoms. The second-order valence-electron chi connectivity index (χ2n) is 7.66. The molecule has 3 aromatic rings. The second-order valence-corrected chi connectivity index (χ2v) is 9.40. The molecule has 0 saturated heterocycles. The molecule has 162 valence electrons. The van der Waals surface area contributed by atoms with Crippen LogP contribution in [0.5, 0.6) is 0 Å². The number of ether oxygens (including phenoxy) is 1. The zero-order valence-electron chi connectivity index (χ0n) is 17.7. The molecule has 1 aliphatic heterocycles. The Morgan fingerprint density at radius 2 is 2.10 bits per heavy atom. The summed E-state index contributed by atoms with van der Waals surface area (Å²) in [5.41, 5.74) is 2.49. The van der Waals surface area contributed by atoms with Crippen molar-refractivity contribution in [3.8, 4) is 0 Å². The van der Waals surface area contributed by atoms with Crippen LogP contribution in [0.15, 0.2) is 52.4 Å². The van der Waals surface area contributed by atoms with Crippen molar-refractivity contribution in [3.05, 3.63) is 63.4 Å². The van der Waals surface area contributed by atoms with E-state index in [4.69, 9.17) is 16.3 Å². The standard InChI is InChI=1S/C23H24ClN3O3S/c1-14-12-16-6-4-5-7-20(16)27(14)21(28)15(2)31-23-25-19-13-17(24)8-9-18(19)22(29)26(23)10-11-30-3/h4-9,13-15H,10-12H2,1-3H3. The summed E-state index contributed by atoms with van der Waals surface area (Å²) in [6, 6.07) is 13.1. The molecule has 0 fully saturated rings. The summed E-state index contributed by atoms with van der Waals surface area (Å²) < 4.78 is 6.76. The fraction of sp³-hybridized carbons (Fsp3) is 0.348. The van der Waals surface area contributed by atoms with E-state index >= 15 is 0 Å². The molecule has 0 spiro atoms. The summed E-state index contributed by atoms with van der Waals surface area (Å²) in [5, 5.41) is 1.06. The van der Waals surface area contributed by atoms with Crippen LogP contribution in [0.4, 0.5) is 5.69 Å². The van der Waals surface area contributed by atoms with Gasteiger partial charge in [0.15, 0.2) is 5.16 Å². The maximum absolute atomic E-state index is 13.4. The summed E-state index contributed by atoms with van der Waals surface area (Å²) in [4.78, 5) is 33.0. The van der Waals surface area contributed by atoms with E-state index in [0.717, 1.165) is 12.1 Å². The molecule has 0 aliphatic carbocycles. The highest BCUT2D eigenvalue weighted by molar-refractivity contribution is 8.00. The zero-order valence-corrected chi connectivity index (χ0v) is 19.2. The van der Waals surface area contributed by atoms with Crippen molar-refractivity contribution >= 4 is 45.9 Å². The van der Waals surface area contributed by atoms with E-state index in [1.54, 1.807) is 29.9 Å². The normalized spacial score (nSPS) is 16.5. The quantitative estimate of drug-likeness (QED) is 0.411. The summed E-state index contributed by atoms with van der Waals surface area (Å²) in [5.74, 6) is 0.00109. The SMILES string of the molecule is COCCn1c(SC(C)C(=O)N2c3ccccc3CC2C)nc2cc(Cl)ccc2c1=O. The number of methoxy groups -OCH3 is 1. The van der Waals surface area contributed by atoms with Gasteiger partial charge >= 0.3 is 0 Å². The Kier molecular flexibility index (Phi) is 6.36. The molecule has 2 atom stereocenters. The van der Waals surface area contributed by atoms with Crippen LogP contribution in [0.25, 0.3) is 10.9 Å². The second kappa shape index (κ2) is 9.02. The van der Waals surface area contributed by atoms with Gasteiger partial charge in [-0.3, -0.25) is 14.2 Å². The van der Waals surface area contributed by atoms with Crippen molar-refractivity contribution in [1.82, 2.24) is 9.55 Å². The number of thioether (sulfide) groups is 1. The lowest BCUT2D eigenvalue weighted by atomic mass is 10.1. The molecule has 1 aromatic heterocycles. The number of rotatable bonds is 6. The summed E-state index contributed by atoms with van der Waals surface area (Å²) in [7, 11) is 1.59. The van der Waals surface area contributed by atoms with Crippen molar-refractivity contribution in [1.29, 1.82) is 0 Å². The molecule has 31 heavy (non-hydrogen) atoms. The minimum atomic E-state index is -0.425. The summed E-state index contributed by atoms with van der Waals surface area (Å²) >= 11 is 7.41. The fourth-order valence-corrected chi connectivity index (χ4v) is 5.10. The number of carbonyl (C=O) groups is 1. The Bertz CT molecular complexity index is 1200. The molecule has 1 amide bonds. The van der Waals surface area contributed by atoms with Gasteiger partial charge in [-0.05, 0) is 50.1 Å². The summed E-state index contributed by atoms with van der Waals surface area (Å²) in [6.45, 7) is 4.63. The largest absolute Gasteiger partial charge is 0.383 e. The van der Waals surface area contributed by atoms with Gasteiger partial charge in [0.25, 0.3) is 5.56 Å². The molecule has 2 unspecified atom stereocenters. The van der Waals surface area contributed by atoms with Gasteiger partial charge in [-0.25, -0.2) is 4.98 Å². The van der Waals surface area contributed by atoms with Crippen molar-refractivity contribution in [2.24, 2.45) is 0 Å². The first-order chi connectivity index (χ1) is 14.9. The Hall–Kier alpha value is -2.35. The molecule has 8 heteroatoms. The van der Waals surface area contributed by atoms with Crippen molar-refractivity contribution in [3.63, 3.8) is 0 Å². The number of hydrogen-bond donors (Lipinski definition) is 0. The molecule has 6 nitrogen and oxygen atoms in total. The van der Waals surface area contributed by atoms with Crippen LogP contribution in [0.3, 0.4) is 0 Å². The fourth-order valence-electron chi connectivity index (χ4n) is 3.95. The molecule has 0 saturated carbocycles. The van der Waals surface area contributed by atoms with Gasteiger partial charge in [-0.15, -0.1) is 0 Å². The Balaban J connectivity index is 1.68. The predicted octanol–water partition coefficient (Wildman–Crippen LogP) is 4.15. The van der Waals surface area contributed by atoms with Crippen molar-refractivity contribution in [2.75, 3.05) is 18.6 Å². The number of benzene rings is 2. The first-order valence-electron chi connectivity index (χ1n) is 10.2. The topological polar surface area (TPSA) is 64.4 Å². The maximum Gasteiger partial charge on any atom is 0.262 e. The smallest absolute Gasteiger partial charge is 0.262 e. The minimum Gasteiger partial charge on any atom is -0.383 e. The third-order valence-electron chi connectivity index (χ3n) is 5.48. The van der Waals surface area contributed by atoms with Crippen LogP contribution >= 0.6 is 23.4 Å². The zero-order chi connectivity index (χ0) is 22.1. The van der Waals surface area contributed by atoms with Crippen LogP contribution in [0.2, 0.25) is 5.02 Å². The lowest BCUT2D eigenvalue weighted by molar-refractivity contribution is -0.118. The van der Waals surface area contributed by atoms with E-state index in [1.807, 2.05) is 30.0 Å². The molecule has 2 heterocycles. The number of halogens is 1. The molecular weight excluding hydrogens is 434 g/mol. The lowest BCUT2D eigenvalue weighted by Crippen LogP contribution is -2.40. The number of carbonyl (C=O) groups excluding carboxylic acids is 1. The average molecular weight is 458 g/mol. The summed E-state index contributed by atoms with van der Waals surface area (Å²) in [6.07, 6.45) is 0.838. The molecular formula is C23H24ClN3O3S. The molecule has 4 rings (SSSR count). The van der Waals surface area contributed by atoms with E-state index < -0.39 is 5.25 Å². The first-order valence-corrected chi connectivity index (χ1v) is 11.4.